The first-order valence-corrected chi connectivity index (χ1v) is 7.49. The van der Waals surface area contributed by atoms with Crippen molar-refractivity contribution in [1.29, 1.82) is 0 Å². The average Bonchev–Trinajstić information content (AvgIpc) is 2.34. The molecule has 0 atom stereocenters. The molecule has 0 spiro atoms. The van der Waals surface area contributed by atoms with Crippen molar-refractivity contribution in [3.05, 3.63) is 0 Å². The van der Waals surface area contributed by atoms with Gasteiger partial charge in [0.1, 0.15) is 12.2 Å². The van der Waals surface area contributed by atoms with E-state index in [1.54, 1.807) is 20.8 Å². The molecule has 0 aromatic rings. The molecule has 1 saturated carbocycles. The highest BCUT2D eigenvalue weighted by molar-refractivity contribution is 5.70. The third kappa shape index (κ3) is 8.02. The van der Waals surface area contributed by atoms with Gasteiger partial charge in [-0.05, 0) is 39.5 Å². The minimum atomic E-state index is -0.512. The van der Waals surface area contributed by atoms with Crippen LogP contribution >= 0.6 is 0 Å². The molecule has 0 unspecified atom stereocenters. The second-order valence-electron chi connectivity index (χ2n) is 6.36. The quantitative estimate of drug-likeness (QED) is 0.623. The molecule has 0 aliphatic heterocycles. The van der Waals surface area contributed by atoms with Crippen LogP contribution in [0.2, 0.25) is 0 Å². The lowest BCUT2D eigenvalue weighted by Gasteiger charge is -2.21. The largest absolute Gasteiger partial charge is 0.464 e. The molecular weight excluding hydrogens is 258 g/mol. The van der Waals surface area contributed by atoms with Gasteiger partial charge in [0.2, 0.25) is 0 Å². The van der Waals surface area contributed by atoms with E-state index in [1.807, 2.05) is 0 Å². The summed E-state index contributed by atoms with van der Waals surface area (Å²) in [7, 11) is 0. The highest BCUT2D eigenvalue weighted by Gasteiger charge is 2.18. The number of hydrogen-bond donors (Lipinski definition) is 1. The SMILES string of the molecule is CC(C)(C)OC(=O)NCCOC(=O)CC1CCCCC1. The van der Waals surface area contributed by atoms with Gasteiger partial charge in [-0.15, -0.1) is 0 Å². The fourth-order valence-electron chi connectivity index (χ4n) is 2.32. The summed E-state index contributed by atoms with van der Waals surface area (Å²) in [5.41, 5.74) is -0.512. The zero-order chi connectivity index (χ0) is 15.0. The molecule has 1 rings (SSSR count). The van der Waals surface area contributed by atoms with Gasteiger partial charge in [-0.2, -0.15) is 0 Å². The fourth-order valence-corrected chi connectivity index (χ4v) is 2.32. The van der Waals surface area contributed by atoms with Crippen molar-refractivity contribution in [2.45, 2.75) is 64.9 Å². The van der Waals surface area contributed by atoms with E-state index in [4.69, 9.17) is 9.47 Å². The summed E-state index contributed by atoms with van der Waals surface area (Å²) >= 11 is 0. The summed E-state index contributed by atoms with van der Waals surface area (Å²) < 4.78 is 10.2. The Bertz CT molecular complexity index is 316. The van der Waals surface area contributed by atoms with Crippen molar-refractivity contribution < 1.29 is 19.1 Å². The Morgan fingerprint density at radius 3 is 2.40 bits per heavy atom. The Labute approximate surface area is 121 Å². The van der Waals surface area contributed by atoms with Crippen LogP contribution < -0.4 is 5.32 Å². The molecular formula is C15H27NO4. The van der Waals surface area contributed by atoms with E-state index in [1.165, 1.54) is 19.3 Å². The van der Waals surface area contributed by atoms with Crippen LogP contribution in [0.5, 0.6) is 0 Å². The number of amides is 1. The zero-order valence-electron chi connectivity index (χ0n) is 12.9. The number of ether oxygens (including phenoxy) is 2. The molecule has 0 heterocycles. The summed E-state index contributed by atoms with van der Waals surface area (Å²) in [6.45, 7) is 5.89. The van der Waals surface area contributed by atoms with Crippen LogP contribution in [0.15, 0.2) is 0 Å². The first-order valence-electron chi connectivity index (χ1n) is 7.49. The number of esters is 1. The molecule has 0 saturated heterocycles. The van der Waals surface area contributed by atoms with E-state index in [9.17, 15) is 9.59 Å². The highest BCUT2D eigenvalue weighted by Crippen LogP contribution is 2.26. The predicted molar refractivity (Wildman–Crippen MR) is 76.4 cm³/mol. The van der Waals surface area contributed by atoms with Gasteiger partial charge >= 0.3 is 12.1 Å². The molecule has 0 aromatic heterocycles. The molecule has 1 amide bonds. The Morgan fingerprint density at radius 2 is 1.80 bits per heavy atom. The molecule has 5 heteroatoms. The molecule has 1 N–H and O–H groups in total. The van der Waals surface area contributed by atoms with Crippen molar-refractivity contribution >= 4 is 12.1 Å². The molecule has 116 valence electrons. The van der Waals surface area contributed by atoms with Gasteiger partial charge < -0.3 is 14.8 Å². The predicted octanol–water partition coefficient (Wildman–Crippen LogP) is 3.02. The summed E-state index contributed by atoms with van der Waals surface area (Å²) in [6.07, 6.45) is 6.01. The van der Waals surface area contributed by atoms with E-state index in [-0.39, 0.29) is 19.1 Å². The summed E-state index contributed by atoms with van der Waals surface area (Å²) in [4.78, 5) is 23.0. The Morgan fingerprint density at radius 1 is 1.15 bits per heavy atom. The summed E-state index contributed by atoms with van der Waals surface area (Å²) in [5.74, 6) is 0.318. The second kappa shape index (κ2) is 8.12. The normalized spacial score (nSPS) is 16.6. The van der Waals surface area contributed by atoms with Crippen LogP contribution in [0, 0.1) is 5.92 Å². The van der Waals surface area contributed by atoms with Gasteiger partial charge in [0.05, 0.1) is 6.54 Å². The number of alkyl carbamates (subject to hydrolysis) is 1. The van der Waals surface area contributed by atoms with Gasteiger partial charge in [-0.25, -0.2) is 4.79 Å². The smallest absolute Gasteiger partial charge is 0.407 e. The van der Waals surface area contributed by atoms with Gasteiger partial charge in [0.25, 0.3) is 0 Å². The van der Waals surface area contributed by atoms with Crippen LogP contribution in [0.3, 0.4) is 0 Å². The van der Waals surface area contributed by atoms with Gasteiger partial charge in [-0.3, -0.25) is 4.79 Å². The van der Waals surface area contributed by atoms with Crippen molar-refractivity contribution in [2.24, 2.45) is 5.92 Å². The van der Waals surface area contributed by atoms with E-state index in [0.717, 1.165) is 12.8 Å². The number of carbonyl (C=O) groups excluding carboxylic acids is 2. The maximum Gasteiger partial charge on any atom is 0.407 e. The fraction of sp³-hybridized carbons (Fsp3) is 0.867. The van der Waals surface area contributed by atoms with Crippen LogP contribution in [0.1, 0.15) is 59.3 Å². The third-order valence-electron chi connectivity index (χ3n) is 3.21. The molecule has 1 fully saturated rings. The molecule has 0 bridgehead atoms. The van der Waals surface area contributed by atoms with Crippen molar-refractivity contribution in [3.63, 3.8) is 0 Å². The average molecular weight is 285 g/mol. The Kier molecular flexibility index (Phi) is 6.82. The van der Waals surface area contributed by atoms with Crippen molar-refractivity contribution in [1.82, 2.24) is 5.32 Å². The molecule has 1 aliphatic rings. The number of hydrogen-bond acceptors (Lipinski definition) is 4. The Hall–Kier alpha value is -1.26. The van der Waals surface area contributed by atoms with E-state index in [2.05, 4.69) is 5.32 Å². The second-order valence-corrected chi connectivity index (χ2v) is 6.36. The maximum absolute atomic E-state index is 11.6. The number of rotatable bonds is 5. The van der Waals surface area contributed by atoms with Crippen LogP contribution in [0.25, 0.3) is 0 Å². The van der Waals surface area contributed by atoms with E-state index >= 15 is 0 Å². The highest BCUT2D eigenvalue weighted by atomic mass is 16.6. The van der Waals surface area contributed by atoms with Crippen LogP contribution in [-0.4, -0.2) is 30.8 Å². The maximum atomic E-state index is 11.6. The van der Waals surface area contributed by atoms with Crippen molar-refractivity contribution in [3.8, 4) is 0 Å². The summed E-state index contributed by atoms with van der Waals surface area (Å²) in [5, 5.41) is 2.56. The lowest BCUT2D eigenvalue weighted by molar-refractivity contribution is -0.144. The topological polar surface area (TPSA) is 64.6 Å². The molecule has 20 heavy (non-hydrogen) atoms. The van der Waals surface area contributed by atoms with Gasteiger partial charge in [-0.1, -0.05) is 19.3 Å². The minimum Gasteiger partial charge on any atom is -0.464 e. The number of nitrogens with one attached hydrogen (secondary N) is 1. The Balaban J connectivity index is 2.05. The van der Waals surface area contributed by atoms with Crippen LogP contribution in [0.4, 0.5) is 4.79 Å². The van der Waals surface area contributed by atoms with E-state index < -0.39 is 11.7 Å². The van der Waals surface area contributed by atoms with Crippen LogP contribution in [-0.2, 0) is 14.3 Å². The molecule has 5 nitrogen and oxygen atoms in total. The standard InChI is InChI=1S/C15H27NO4/c1-15(2,3)20-14(18)16-9-10-19-13(17)11-12-7-5-4-6-8-12/h12H,4-11H2,1-3H3,(H,16,18). The zero-order valence-corrected chi connectivity index (χ0v) is 12.9. The lowest BCUT2D eigenvalue weighted by Crippen LogP contribution is -2.34. The lowest BCUT2D eigenvalue weighted by atomic mass is 9.87. The molecule has 1 aliphatic carbocycles. The van der Waals surface area contributed by atoms with Gasteiger partial charge in [0, 0.05) is 6.42 Å². The summed E-state index contributed by atoms with van der Waals surface area (Å²) in [6, 6.07) is 0. The van der Waals surface area contributed by atoms with E-state index in [0.29, 0.717) is 12.3 Å². The third-order valence-corrected chi connectivity index (χ3v) is 3.21. The first-order chi connectivity index (χ1) is 9.37. The molecule has 0 radical (unpaired) electrons. The first kappa shape index (κ1) is 16.8. The molecule has 0 aromatic carbocycles. The van der Waals surface area contributed by atoms with Gasteiger partial charge in [0.15, 0.2) is 0 Å². The number of carbonyl (C=O) groups is 2. The monoisotopic (exact) mass is 285 g/mol. The van der Waals surface area contributed by atoms with Crippen molar-refractivity contribution in [2.75, 3.05) is 13.2 Å². The minimum absolute atomic E-state index is 0.164.